The van der Waals surface area contributed by atoms with Crippen LogP contribution in [-0.2, 0) is 0 Å². The summed E-state index contributed by atoms with van der Waals surface area (Å²) in [7, 11) is 0. The van der Waals surface area contributed by atoms with E-state index < -0.39 is 5.82 Å². The average Bonchev–Trinajstić information content (AvgIpc) is 2.21. The van der Waals surface area contributed by atoms with Gasteiger partial charge in [-0.1, -0.05) is 22.5 Å². The van der Waals surface area contributed by atoms with Crippen molar-refractivity contribution in [2.45, 2.75) is 6.92 Å². The molecule has 0 atom stereocenters. The summed E-state index contributed by atoms with van der Waals surface area (Å²) in [4.78, 5) is 11.6. The fourth-order valence-corrected chi connectivity index (χ4v) is 1.25. The Morgan fingerprint density at radius 3 is 2.75 bits per heavy atom. The van der Waals surface area contributed by atoms with Crippen molar-refractivity contribution in [3.05, 3.63) is 40.1 Å². The zero-order valence-electron chi connectivity index (χ0n) is 8.81. The summed E-state index contributed by atoms with van der Waals surface area (Å²) < 4.78 is 14.0. The van der Waals surface area contributed by atoms with Crippen LogP contribution in [0.5, 0.6) is 0 Å². The van der Waals surface area contributed by atoms with Gasteiger partial charge in [0.25, 0.3) is 5.91 Å². The molecular weight excluding hydrogens is 275 g/mol. The Labute approximate surface area is 102 Å². The van der Waals surface area contributed by atoms with Gasteiger partial charge in [-0.3, -0.25) is 4.79 Å². The minimum atomic E-state index is -0.484. The molecule has 1 aromatic carbocycles. The van der Waals surface area contributed by atoms with Gasteiger partial charge in [0.15, 0.2) is 0 Å². The number of carbonyl (C=O) groups excluding carboxylic acids is 1. The predicted octanol–water partition coefficient (Wildman–Crippen LogP) is 2.35. The third-order valence-electron chi connectivity index (χ3n) is 2.09. The predicted molar refractivity (Wildman–Crippen MR) is 65.9 cm³/mol. The lowest BCUT2D eigenvalue weighted by Gasteiger charge is -2.07. The van der Waals surface area contributed by atoms with E-state index in [9.17, 15) is 9.18 Å². The standard InChI is InChI=1S/C11H12BrFN2O/c1-6(12)5-15-11(16)8-3-9(13)7(2)10(14)4-8/h3-4H,1,5,14H2,2H3,(H,15,16). The summed E-state index contributed by atoms with van der Waals surface area (Å²) in [5.41, 5.74) is 6.39. The minimum Gasteiger partial charge on any atom is -0.398 e. The maximum Gasteiger partial charge on any atom is 0.251 e. The number of hydrogen-bond acceptors (Lipinski definition) is 2. The number of benzene rings is 1. The maximum atomic E-state index is 13.3. The lowest BCUT2D eigenvalue weighted by atomic mass is 10.1. The number of halogens is 2. The molecule has 0 unspecified atom stereocenters. The highest BCUT2D eigenvalue weighted by molar-refractivity contribution is 9.11. The first-order chi connectivity index (χ1) is 7.41. The summed E-state index contributed by atoms with van der Waals surface area (Å²) in [6.07, 6.45) is 0. The second-order valence-corrected chi connectivity index (χ2v) is 4.49. The molecule has 0 aliphatic carbocycles. The van der Waals surface area contributed by atoms with Gasteiger partial charge in [-0.05, 0) is 19.1 Å². The summed E-state index contributed by atoms with van der Waals surface area (Å²) in [5, 5.41) is 2.56. The molecular formula is C11H12BrFN2O. The number of amides is 1. The monoisotopic (exact) mass is 286 g/mol. The van der Waals surface area contributed by atoms with Crippen LogP contribution >= 0.6 is 15.9 Å². The van der Waals surface area contributed by atoms with Crippen molar-refractivity contribution < 1.29 is 9.18 Å². The molecule has 0 spiro atoms. The molecule has 0 aliphatic rings. The van der Waals surface area contributed by atoms with Gasteiger partial charge in [-0.15, -0.1) is 0 Å². The zero-order chi connectivity index (χ0) is 12.3. The van der Waals surface area contributed by atoms with Crippen molar-refractivity contribution in [2.24, 2.45) is 0 Å². The summed E-state index contributed by atoms with van der Waals surface area (Å²) >= 11 is 3.11. The molecule has 0 aliphatic heterocycles. The smallest absolute Gasteiger partial charge is 0.251 e. The van der Waals surface area contributed by atoms with Crippen LogP contribution in [0.25, 0.3) is 0 Å². The van der Waals surface area contributed by atoms with Crippen LogP contribution in [0.15, 0.2) is 23.2 Å². The molecule has 0 saturated carbocycles. The van der Waals surface area contributed by atoms with E-state index in [2.05, 4.69) is 27.8 Å². The van der Waals surface area contributed by atoms with E-state index in [1.165, 1.54) is 6.07 Å². The van der Waals surface area contributed by atoms with Gasteiger partial charge < -0.3 is 11.1 Å². The van der Waals surface area contributed by atoms with E-state index in [4.69, 9.17) is 5.73 Å². The number of carbonyl (C=O) groups is 1. The Kier molecular flexibility index (Phi) is 4.06. The Hall–Kier alpha value is -1.36. The van der Waals surface area contributed by atoms with Gasteiger partial charge in [-0.2, -0.15) is 0 Å². The van der Waals surface area contributed by atoms with Crippen molar-refractivity contribution in [1.29, 1.82) is 0 Å². The van der Waals surface area contributed by atoms with Gasteiger partial charge >= 0.3 is 0 Å². The molecule has 0 radical (unpaired) electrons. The van der Waals surface area contributed by atoms with E-state index in [1.54, 1.807) is 6.92 Å². The van der Waals surface area contributed by atoms with Crippen LogP contribution in [0.1, 0.15) is 15.9 Å². The third kappa shape index (κ3) is 3.06. The van der Waals surface area contributed by atoms with Crippen LogP contribution in [-0.4, -0.2) is 12.5 Å². The fraction of sp³-hybridized carbons (Fsp3) is 0.182. The van der Waals surface area contributed by atoms with Crippen LogP contribution in [0, 0.1) is 12.7 Å². The van der Waals surface area contributed by atoms with Crippen molar-refractivity contribution in [1.82, 2.24) is 5.32 Å². The molecule has 0 heterocycles. The highest BCUT2D eigenvalue weighted by atomic mass is 79.9. The van der Waals surface area contributed by atoms with Crippen LogP contribution < -0.4 is 11.1 Å². The van der Waals surface area contributed by atoms with Gasteiger partial charge in [0, 0.05) is 27.8 Å². The molecule has 0 bridgehead atoms. The average molecular weight is 287 g/mol. The Bertz CT molecular complexity index is 423. The summed E-state index contributed by atoms with van der Waals surface area (Å²) in [6, 6.07) is 2.61. The molecule has 1 rings (SSSR count). The van der Waals surface area contributed by atoms with Crippen molar-refractivity contribution in [3.63, 3.8) is 0 Å². The van der Waals surface area contributed by atoms with Crippen LogP contribution in [0.3, 0.4) is 0 Å². The molecule has 16 heavy (non-hydrogen) atoms. The van der Waals surface area contributed by atoms with Gasteiger partial charge in [0.1, 0.15) is 5.82 Å². The molecule has 5 heteroatoms. The highest BCUT2D eigenvalue weighted by Gasteiger charge is 2.10. The fourth-order valence-electron chi connectivity index (χ4n) is 1.11. The molecule has 0 aromatic heterocycles. The Morgan fingerprint density at radius 2 is 2.25 bits per heavy atom. The molecule has 0 saturated heterocycles. The van der Waals surface area contributed by atoms with E-state index >= 15 is 0 Å². The SMILES string of the molecule is C=C(Br)CNC(=O)c1cc(N)c(C)c(F)c1. The third-order valence-corrected chi connectivity index (χ3v) is 2.37. The Balaban J connectivity index is 2.88. The van der Waals surface area contributed by atoms with E-state index in [0.717, 1.165) is 6.07 Å². The molecule has 0 fully saturated rings. The minimum absolute atomic E-state index is 0.203. The number of hydrogen-bond donors (Lipinski definition) is 2. The molecule has 1 amide bonds. The Morgan fingerprint density at radius 1 is 1.62 bits per heavy atom. The van der Waals surface area contributed by atoms with Crippen molar-refractivity contribution >= 4 is 27.5 Å². The second-order valence-electron chi connectivity index (χ2n) is 3.37. The van der Waals surface area contributed by atoms with Crippen LogP contribution in [0.2, 0.25) is 0 Å². The normalized spacial score (nSPS) is 9.94. The molecule has 3 N–H and O–H groups in total. The number of nitrogens with one attached hydrogen (secondary N) is 1. The zero-order valence-corrected chi connectivity index (χ0v) is 10.4. The van der Waals surface area contributed by atoms with E-state index in [-0.39, 0.29) is 23.7 Å². The lowest BCUT2D eigenvalue weighted by Crippen LogP contribution is -2.24. The topological polar surface area (TPSA) is 55.1 Å². The molecule has 3 nitrogen and oxygen atoms in total. The largest absolute Gasteiger partial charge is 0.398 e. The van der Waals surface area contributed by atoms with Gasteiger partial charge in [0.05, 0.1) is 0 Å². The maximum absolute atomic E-state index is 13.3. The number of nitrogens with two attached hydrogens (primary N) is 1. The first-order valence-electron chi connectivity index (χ1n) is 4.59. The quantitative estimate of drug-likeness (QED) is 0.838. The molecule has 86 valence electrons. The second kappa shape index (κ2) is 5.12. The van der Waals surface area contributed by atoms with Gasteiger partial charge in [0.2, 0.25) is 0 Å². The van der Waals surface area contributed by atoms with Gasteiger partial charge in [-0.25, -0.2) is 4.39 Å². The van der Waals surface area contributed by atoms with E-state index in [0.29, 0.717) is 10.0 Å². The molecule has 1 aromatic rings. The van der Waals surface area contributed by atoms with Crippen molar-refractivity contribution in [3.8, 4) is 0 Å². The summed E-state index contributed by atoms with van der Waals surface area (Å²) in [6.45, 7) is 5.42. The first kappa shape index (κ1) is 12.7. The van der Waals surface area contributed by atoms with Crippen molar-refractivity contribution in [2.75, 3.05) is 12.3 Å². The van der Waals surface area contributed by atoms with Crippen LogP contribution in [0.4, 0.5) is 10.1 Å². The lowest BCUT2D eigenvalue weighted by molar-refractivity contribution is 0.0957. The van der Waals surface area contributed by atoms with E-state index in [1.807, 2.05) is 0 Å². The highest BCUT2D eigenvalue weighted by Crippen LogP contribution is 2.17. The number of nitrogen functional groups attached to an aromatic ring is 1. The first-order valence-corrected chi connectivity index (χ1v) is 5.38. The number of rotatable bonds is 3. The number of anilines is 1. The summed E-state index contributed by atoms with van der Waals surface area (Å²) in [5.74, 6) is -0.867.